The lowest BCUT2D eigenvalue weighted by atomic mass is 10.0. The summed E-state index contributed by atoms with van der Waals surface area (Å²) in [5, 5.41) is 3.02. The number of hydrogen-bond donors (Lipinski definition) is 2. The summed E-state index contributed by atoms with van der Waals surface area (Å²) in [4.78, 5) is 14.9. The van der Waals surface area contributed by atoms with Crippen LogP contribution in [0.1, 0.15) is 29.8 Å². The Bertz CT molecular complexity index is 916. The highest BCUT2D eigenvalue weighted by molar-refractivity contribution is 7.89. The van der Waals surface area contributed by atoms with Gasteiger partial charge in [0.05, 0.1) is 5.02 Å². The van der Waals surface area contributed by atoms with Crippen molar-refractivity contribution in [3.8, 4) is 0 Å². The van der Waals surface area contributed by atoms with Crippen LogP contribution in [0, 0.1) is 0 Å². The molecule has 0 aliphatic rings. The average Bonchev–Trinajstić information content (AvgIpc) is 2.73. The van der Waals surface area contributed by atoms with Gasteiger partial charge in [-0.15, -0.1) is 0 Å². The van der Waals surface area contributed by atoms with Crippen molar-refractivity contribution in [2.45, 2.75) is 31.2 Å². The Labute approximate surface area is 178 Å². The van der Waals surface area contributed by atoms with Gasteiger partial charge in [0, 0.05) is 18.2 Å². The van der Waals surface area contributed by atoms with E-state index >= 15 is 0 Å². The summed E-state index contributed by atoms with van der Waals surface area (Å²) in [6.07, 6.45) is 0.808. The van der Waals surface area contributed by atoms with Crippen LogP contribution in [0.15, 0.2) is 53.4 Å². The van der Waals surface area contributed by atoms with E-state index < -0.39 is 10.0 Å². The first-order chi connectivity index (χ1) is 13.8. The zero-order chi connectivity index (χ0) is 21.4. The van der Waals surface area contributed by atoms with Gasteiger partial charge in [0.25, 0.3) is 5.91 Å². The predicted molar refractivity (Wildman–Crippen MR) is 117 cm³/mol. The fourth-order valence-corrected chi connectivity index (χ4v) is 4.48. The summed E-state index contributed by atoms with van der Waals surface area (Å²) in [5.74, 6) is -0.334. The third-order valence-electron chi connectivity index (χ3n) is 4.89. The molecule has 0 aliphatic carbocycles. The van der Waals surface area contributed by atoms with Gasteiger partial charge in [0.2, 0.25) is 10.0 Å². The number of likely N-dealkylation sites (N-methyl/N-ethyl adjacent to an activating group) is 1. The van der Waals surface area contributed by atoms with E-state index in [1.54, 1.807) is 0 Å². The number of nitrogens with zero attached hydrogens (tertiary/aromatic N) is 1. The van der Waals surface area contributed by atoms with Crippen LogP contribution in [-0.4, -0.2) is 51.9 Å². The molecule has 0 saturated carbocycles. The summed E-state index contributed by atoms with van der Waals surface area (Å²) in [5.41, 5.74) is 1.45. The molecule has 0 saturated heterocycles. The largest absolute Gasteiger partial charge is 0.350 e. The molecule has 0 bridgehead atoms. The quantitative estimate of drug-likeness (QED) is 0.599. The van der Waals surface area contributed by atoms with Crippen LogP contribution >= 0.6 is 11.6 Å². The molecule has 0 aliphatic heterocycles. The van der Waals surface area contributed by atoms with E-state index in [4.69, 9.17) is 11.6 Å². The minimum Gasteiger partial charge on any atom is -0.350 e. The summed E-state index contributed by atoms with van der Waals surface area (Å²) < 4.78 is 26.4. The summed E-state index contributed by atoms with van der Waals surface area (Å²) >= 11 is 6.00. The van der Waals surface area contributed by atoms with E-state index in [1.165, 1.54) is 30.8 Å². The number of amides is 1. The van der Waals surface area contributed by atoms with Gasteiger partial charge in [-0.1, -0.05) is 55.8 Å². The van der Waals surface area contributed by atoms with E-state index in [0.29, 0.717) is 6.54 Å². The Morgan fingerprint density at radius 1 is 1.10 bits per heavy atom. The molecule has 2 rings (SSSR count). The van der Waals surface area contributed by atoms with E-state index in [-0.39, 0.29) is 27.4 Å². The van der Waals surface area contributed by atoms with Crippen molar-refractivity contribution in [2.75, 3.05) is 26.7 Å². The minimum absolute atomic E-state index is 0.0704. The number of sulfonamides is 1. The second kappa shape index (κ2) is 10.7. The second-order valence-corrected chi connectivity index (χ2v) is 8.89. The monoisotopic (exact) mass is 437 g/mol. The molecule has 1 unspecified atom stereocenters. The van der Waals surface area contributed by atoms with E-state index in [0.717, 1.165) is 19.5 Å². The van der Waals surface area contributed by atoms with Crippen LogP contribution in [-0.2, 0) is 16.4 Å². The highest BCUT2D eigenvalue weighted by Crippen LogP contribution is 2.22. The van der Waals surface area contributed by atoms with Crippen molar-refractivity contribution >= 4 is 27.5 Å². The smallest absolute Gasteiger partial charge is 0.251 e. The van der Waals surface area contributed by atoms with E-state index in [2.05, 4.69) is 40.9 Å². The van der Waals surface area contributed by atoms with Crippen LogP contribution < -0.4 is 10.0 Å². The summed E-state index contributed by atoms with van der Waals surface area (Å²) in [6.45, 7) is 6.38. The van der Waals surface area contributed by atoms with E-state index in [1.807, 2.05) is 18.2 Å². The first-order valence-electron chi connectivity index (χ1n) is 9.61. The SMILES string of the molecule is CCN(CC)C(CNC(=O)c1ccc(Cl)c(S(=O)(=O)NC)c1)Cc1ccccc1. The van der Waals surface area contributed by atoms with Gasteiger partial charge in [-0.3, -0.25) is 9.69 Å². The van der Waals surface area contributed by atoms with Gasteiger partial charge in [0.1, 0.15) is 4.90 Å². The Balaban J connectivity index is 2.16. The Morgan fingerprint density at radius 3 is 2.34 bits per heavy atom. The number of rotatable bonds is 10. The lowest BCUT2D eigenvalue weighted by Gasteiger charge is -2.30. The van der Waals surface area contributed by atoms with Crippen LogP contribution in [0.2, 0.25) is 5.02 Å². The standard InChI is InChI=1S/C21H28ClN3O3S/c1-4-25(5-2)18(13-16-9-7-6-8-10-16)15-24-21(26)17-11-12-19(22)20(14-17)29(27,28)23-3/h6-12,14,18,23H,4-5,13,15H2,1-3H3,(H,24,26). The van der Waals surface area contributed by atoms with Crippen molar-refractivity contribution < 1.29 is 13.2 Å². The minimum atomic E-state index is -3.75. The molecule has 0 heterocycles. The maximum Gasteiger partial charge on any atom is 0.251 e. The summed E-state index contributed by atoms with van der Waals surface area (Å²) in [6, 6.07) is 14.5. The Morgan fingerprint density at radius 2 is 1.76 bits per heavy atom. The topological polar surface area (TPSA) is 78.5 Å². The molecule has 6 nitrogen and oxygen atoms in total. The molecule has 0 spiro atoms. The number of benzene rings is 2. The van der Waals surface area contributed by atoms with Crippen LogP contribution in [0.4, 0.5) is 0 Å². The zero-order valence-electron chi connectivity index (χ0n) is 17.0. The van der Waals surface area contributed by atoms with Crippen molar-refractivity contribution in [3.05, 3.63) is 64.7 Å². The number of halogens is 1. The number of nitrogens with one attached hydrogen (secondary N) is 2. The van der Waals surface area contributed by atoms with E-state index in [9.17, 15) is 13.2 Å². The average molecular weight is 438 g/mol. The molecular formula is C21H28ClN3O3S. The molecule has 1 amide bonds. The fourth-order valence-electron chi connectivity index (χ4n) is 3.23. The Kier molecular flexibility index (Phi) is 8.64. The molecule has 8 heteroatoms. The zero-order valence-corrected chi connectivity index (χ0v) is 18.6. The maximum atomic E-state index is 12.7. The van der Waals surface area contributed by atoms with Crippen LogP contribution in [0.5, 0.6) is 0 Å². The highest BCUT2D eigenvalue weighted by Gasteiger charge is 2.21. The molecule has 0 fully saturated rings. The first kappa shape index (κ1) is 23.3. The van der Waals surface area contributed by atoms with Gasteiger partial charge < -0.3 is 5.32 Å². The number of carbonyl (C=O) groups is 1. The van der Waals surface area contributed by atoms with Gasteiger partial charge in [0.15, 0.2) is 0 Å². The predicted octanol–water partition coefficient (Wildman–Crippen LogP) is 2.93. The summed E-state index contributed by atoms with van der Waals surface area (Å²) in [7, 11) is -2.45. The molecule has 29 heavy (non-hydrogen) atoms. The van der Waals surface area contributed by atoms with Crippen LogP contribution in [0.25, 0.3) is 0 Å². The third-order valence-corrected chi connectivity index (χ3v) is 6.79. The van der Waals surface area contributed by atoms with Gasteiger partial charge in [-0.25, -0.2) is 13.1 Å². The second-order valence-electron chi connectivity index (χ2n) is 6.63. The third kappa shape index (κ3) is 6.27. The molecule has 2 aromatic rings. The molecule has 1 atom stereocenters. The van der Waals surface area contributed by atoms with Gasteiger partial charge in [-0.2, -0.15) is 0 Å². The molecule has 2 N–H and O–H groups in total. The lowest BCUT2D eigenvalue weighted by molar-refractivity contribution is 0.0934. The molecule has 2 aromatic carbocycles. The van der Waals surface area contributed by atoms with Gasteiger partial charge >= 0.3 is 0 Å². The normalized spacial score (nSPS) is 12.7. The fraction of sp³-hybridized carbons (Fsp3) is 0.381. The number of carbonyl (C=O) groups excluding carboxylic acids is 1. The molecule has 158 valence electrons. The van der Waals surface area contributed by atoms with Crippen molar-refractivity contribution in [1.82, 2.24) is 14.9 Å². The highest BCUT2D eigenvalue weighted by atomic mass is 35.5. The molecular weight excluding hydrogens is 410 g/mol. The van der Waals surface area contributed by atoms with Crippen molar-refractivity contribution in [2.24, 2.45) is 0 Å². The number of hydrogen-bond acceptors (Lipinski definition) is 4. The Hall–Kier alpha value is -1.93. The first-order valence-corrected chi connectivity index (χ1v) is 11.5. The molecule has 0 radical (unpaired) electrons. The van der Waals surface area contributed by atoms with Crippen molar-refractivity contribution in [3.63, 3.8) is 0 Å². The van der Waals surface area contributed by atoms with Crippen molar-refractivity contribution in [1.29, 1.82) is 0 Å². The van der Waals surface area contributed by atoms with Crippen LogP contribution in [0.3, 0.4) is 0 Å². The van der Waals surface area contributed by atoms with Gasteiger partial charge in [-0.05, 0) is 50.3 Å². The maximum absolute atomic E-state index is 12.7. The molecule has 0 aromatic heterocycles. The lowest BCUT2D eigenvalue weighted by Crippen LogP contribution is -2.45.